The SMILES string of the molecule is Cn1c(N)nnc1SCc1cccc(Br)c1. The molecular weight excluding hydrogens is 288 g/mol. The number of halogens is 1. The summed E-state index contributed by atoms with van der Waals surface area (Å²) in [7, 11) is 1.86. The Morgan fingerprint density at radius 3 is 2.88 bits per heavy atom. The summed E-state index contributed by atoms with van der Waals surface area (Å²) in [6.45, 7) is 0. The van der Waals surface area contributed by atoms with Gasteiger partial charge < -0.3 is 5.73 Å². The smallest absolute Gasteiger partial charge is 0.222 e. The van der Waals surface area contributed by atoms with Gasteiger partial charge in [0.15, 0.2) is 5.16 Å². The summed E-state index contributed by atoms with van der Waals surface area (Å²) >= 11 is 5.06. The molecule has 0 atom stereocenters. The molecule has 2 N–H and O–H groups in total. The Labute approximate surface area is 106 Å². The van der Waals surface area contributed by atoms with Crippen LogP contribution in [0.3, 0.4) is 0 Å². The number of nitrogen functional groups attached to an aromatic ring is 1. The van der Waals surface area contributed by atoms with E-state index in [0.717, 1.165) is 15.4 Å². The third kappa shape index (κ3) is 2.56. The van der Waals surface area contributed by atoms with Gasteiger partial charge >= 0.3 is 0 Å². The predicted octanol–water partition coefficient (Wildman–Crippen LogP) is 2.45. The molecule has 0 unspecified atom stereocenters. The van der Waals surface area contributed by atoms with Gasteiger partial charge in [-0.25, -0.2) is 0 Å². The Morgan fingerprint density at radius 1 is 1.44 bits per heavy atom. The number of hydrogen-bond acceptors (Lipinski definition) is 4. The number of nitrogens with zero attached hydrogens (tertiary/aromatic N) is 3. The van der Waals surface area contributed by atoms with Gasteiger partial charge in [0.25, 0.3) is 0 Å². The first kappa shape index (κ1) is 11.5. The van der Waals surface area contributed by atoms with E-state index < -0.39 is 0 Å². The zero-order valence-corrected chi connectivity index (χ0v) is 11.1. The van der Waals surface area contributed by atoms with Crippen LogP contribution in [0.1, 0.15) is 5.56 Å². The van der Waals surface area contributed by atoms with Gasteiger partial charge in [0.2, 0.25) is 5.95 Å². The number of benzene rings is 1. The molecule has 0 radical (unpaired) electrons. The predicted molar refractivity (Wildman–Crippen MR) is 69.1 cm³/mol. The molecule has 0 aliphatic carbocycles. The molecular formula is C10H11BrN4S. The summed E-state index contributed by atoms with van der Waals surface area (Å²) in [5.41, 5.74) is 6.84. The molecule has 0 amide bonds. The highest BCUT2D eigenvalue weighted by Gasteiger charge is 2.06. The average molecular weight is 299 g/mol. The lowest BCUT2D eigenvalue weighted by atomic mass is 10.2. The van der Waals surface area contributed by atoms with Crippen molar-refractivity contribution in [2.75, 3.05) is 5.73 Å². The van der Waals surface area contributed by atoms with Gasteiger partial charge in [0.1, 0.15) is 0 Å². The molecule has 0 fully saturated rings. The van der Waals surface area contributed by atoms with E-state index >= 15 is 0 Å². The summed E-state index contributed by atoms with van der Waals surface area (Å²) in [4.78, 5) is 0. The van der Waals surface area contributed by atoms with Gasteiger partial charge in [-0.05, 0) is 17.7 Å². The standard InChI is InChI=1S/C10H11BrN4S/c1-15-9(12)13-14-10(15)16-6-7-3-2-4-8(11)5-7/h2-5H,6H2,1H3,(H2,12,13). The molecule has 0 bridgehead atoms. The Hall–Kier alpha value is -1.01. The fourth-order valence-electron chi connectivity index (χ4n) is 1.23. The lowest BCUT2D eigenvalue weighted by Gasteiger charge is -2.02. The maximum absolute atomic E-state index is 5.60. The molecule has 2 rings (SSSR count). The van der Waals surface area contributed by atoms with Crippen molar-refractivity contribution in [3.8, 4) is 0 Å². The van der Waals surface area contributed by atoms with Crippen molar-refractivity contribution in [1.29, 1.82) is 0 Å². The van der Waals surface area contributed by atoms with E-state index in [9.17, 15) is 0 Å². The van der Waals surface area contributed by atoms with Crippen molar-refractivity contribution in [3.63, 3.8) is 0 Å². The lowest BCUT2D eigenvalue weighted by Crippen LogP contribution is -1.98. The second kappa shape index (κ2) is 4.88. The Morgan fingerprint density at radius 2 is 2.25 bits per heavy atom. The van der Waals surface area contributed by atoms with Gasteiger partial charge in [-0.1, -0.05) is 39.8 Å². The van der Waals surface area contributed by atoms with Gasteiger partial charge in [-0.2, -0.15) is 0 Å². The summed E-state index contributed by atoms with van der Waals surface area (Å²) in [5.74, 6) is 1.29. The second-order valence-electron chi connectivity index (χ2n) is 3.32. The normalized spacial score (nSPS) is 10.6. The van der Waals surface area contributed by atoms with E-state index in [0.29, 0.717) is 5.95 Å². The quantitative estimate of drug-likeness (QED) is 0.885. The van der Waals surface area contributed by atoms with E-state index in [1.807, 2.05) is 19.2 Å². The summed E-state index contributed by atoms with van der Waals surface area (Å²) in [6.07, 6.45) is 0. The van der Waals surface area contributed by atoms with Gasteiger partial charge in [0, 0.05) is 17.3 Å². The average Bonchev–Trinajstić information content (AvgIpc) is 2.57. The molecule has 0 aliphatic rings. The minimum atomic E-state index is 0.441. The lowest BCUT2D eigenvalue weighted by molar-refractivity contribution is 0.796. The third-order valence-electron chi connectivity index (χ3n) is 2.13. The molecule has 0 saturated heterocycles. The molecule has 1 aromatic carbocycles. The Kier molecular flexibility index (Phi) is 3.50. The number of anilines is 1. The zero-order chi connectivity index (χ0) is 11.5. The van der Waals surface area contributed by atoms with Gasteiger partial charge in [0.05, 0.1) is 0 Å². The highest BCUT2D eigenvalue weighted by molar-refractivity contribution is 9.10. The largest absolute Gasteiger partial charge is 0.368 e. The summed E-state index contributed by atoms with van der Waals surface area (Å²) < 4.78 is 2.87. The van der Waals surface area contributed by atoms with Crippen molar-refractivity contribution >= 4 is 33.6 Å². The van der Waals surface area contributed by atoms with Crippen LogP contribution in [0.25, 0.3) is 0 Å². The molecule has 1 aromatic heterocycles. The first-order valence-electron chi connectivity index (χ1n) is 4.69. The minimum Gasteiger partial charge on any atom is -0.368 e. The van der Waals surface area contributed by atoms with Crippen LogP contribution >= 0.6 is 27.7 Å². The summed E-state index contributed by atoms with van der Waals surface area (Å²) in [6, 6.07) is 8.20. The molecule has 4 nitrogen and oxygen atoms in total. The number of aromatic nitrogens is 3. The fourth-order valence-corrected chi connectivity index (χ4v) is 2.53. The second-order valence-corrected chi connectivity index (χ2v) is 5.18. The maximum atomic E-state index is 5.60. The molecule has 0 spiro atoms. The number of nitrogens with two attached hydrogens (primary N) is 1. The molecule has 0 saturated carbocycles. The number of rotatable bonds is 3. The first-order chi connectivity index (χ1) is 7.66. The molecule has 2 aromatic rings. The van der Waals surface area contributed by atoms with E-state index in [2.05, 4.69) is 38.3 Å². The third-order valence-corrected chi connectivity index (χ3v) is 3.71. The van der Waals surface area contributed by atoms with Crippen LogP contribution in [0.4, 0.5) is 5.95 Å². The van der Waals surface area contributed by atoms with Crippen LogP contribution in [-0.4, -0.2) is 14.8 Å². The molecule has 6 heteroatoms. The van der Waals surface area contributed by atoms with Crippen molar-refractivity contribution < 1.29 is 0 Å². The maximum Gasteiger partial charge on any atom is 0.222 e. The Balaban J connectivity index is 2.05. The number of thioether (sulfide) groups is 1. The van der Waals surface area contributed by atoms with Crippen LogP contribution in [0, 0.1) is 0 Å². The number of hydrogen-bond donors (Lipinski definition) is 1. The Bertz CT molecular complexity index is 497. The van der Waals surface area contributed by atoms with Gasteiger partial charge in [-0.15, -0.1) is 10.2 Å². The van der Waals surface area contributed by atoms with E-state index in [1.54, 1.807) is 16.3 Å². The van der Waals surface area contributed by atoms with Gasteiger partial charge in [-0.3, -0.25) is 4.57 Å². The van der Waals surface area contributed by atoms with Crippen LogP contribution in [0.5, 0.6) is 0 Å². The van der Waals surface area contributed by atoms with Crippen molar-refractivity contribution in [1.82, 2.24) is 14.8 Å². The minimum absolute atomic E-state index is 0.441. The highest BCUT2D eigenvalue weighted by atomic mass is 79.9. The zero-order valence-electron chi connectivity index (χ0n) is 8.72. The van der Waals surface area contributed by atoms with E-state index in [4.69, 9.17) is 5.73 Å². The van der Waals surface area contributed by atoms with Crippen LogP contribution < -0.4 is 5.73 Å². The van der Waals surface area contributed by atoms with Crippen molar-refractivity contribution in [2.45, 2.75) is 10.9 Å². The molecule has 1 heterocycles. The monoisotopic (exact) mass is 298 g/mol. The van der Waals surface area contributed by atoms with Crippen LogP contribution in [-0.2, 0) is 12.8 Å². The van der Waals surface area contributed by atoms with Crippen LogP contribution in [0.15, 0.2) is 33.9 Å². The fraction of sp³-hybridized carbons (Fsp3) is 0.200. The van der Waals surface area contributed by atoms with Crippen LogP contribution in [0.2, 0.25) is 0 Å². The first-order valence-corrected chi connectivity index (χ1v) is 6.47. The van der Waals surface area contributed by atoms with Crippen molar-refractivity contribution in [3.05, 3.63) is 34.3 Å². The van der Waals surface area contributed by atoms with Crippen molar-refractivity contribution in [2.24, 2.45) is 7.05 Å². The molecule has 84 valence electrons. The molecule has 0 aliphatic heterocycles. The molecule has 16 heavy (non-hydrogen) atoms. The van der Waals surface area contributed by atoms with E-state index in [-0.39, 0.29) is 0 Å². The summed E-state index contributed by atoms with van der Waals surface area (Å²) in [5, 5.41) is 8.63. The van der Waals surface area contributed by atoms with E-state index in [1.165, 1.54) is 5.56 Å². The topological polar surface area (TPSA) is 56.7 Å². The highest BCUT2D eigenvalue weighted by Crippen LogP contribution is 2.23.